The second-order valence-corrected chi connectivity index (χ2v) is 14.2. The highest BCUT2D eigenvalue weighted by molar-refractivity contribution is 5.79. The van der Waals surface area contributed by atoms with E-state index in [1.165, 1.54) is 0 Å². The minimum absolute atomic E-state index is 0.0236. The van der Waals surface area contributed by atoms with Gasteiger partial charge in [-0.05, 0) is 68.1 Å². The van der Waals surface area contributed by atoms with E-state index < -0.39 is 0 Å². The highest BCUT2D eigenvalue weighted by Crippen LogP contribution is 2.49. The van der Waals surface area contributed by atoms with Crippen molar-refractivity contribution >= 4 is 17.6 Å². The van der Waals surface area contributed by atoms with Crippen LogP contribution in [0.3, 0.4) is 0 Å². The predicted octanol–water partition coefficient (Wildman–Crippen LogP) is 4.71. The molecule has 214 valence electrons. The van der Waals surface area contributed by atoms with E-state index in [1.54, 1.807) is 6.92 Å². The zero-order valence-corrected chi connectivity index (χ0v) is 25.2. The van der Waals surface area contributed by atoms with Crippen LogP contribution in [-0.2, 0) is 14.4 Å². The molecular weight excluding hydrogens is 464 g/mol. The zero-order valence-electron chi connectivity index (χ0n) is 25.2. The van der Waals surface area contributed by atoms with E-state index in [2.05, 4.69) is 53.4 Å². The fourth-order valence-corrected chi connectivity index (χ4v) is 7.31. The molecule has 5 atom stereocenters. The van der Waals surface area contributed by atoms with Crippen LogP contribution in [0, 0.1) is 28.1 Å². The van der Waals surface area contributed by atoms with Gasteiger partial charge in [0.2, 0.25) is 11.8 Å². The first-order valence-corrected chi connectivity index (χ1v) is 14.5. The maximum atomic E-state index is 13.1. The molecule has 7 nitrogen and oxygen atoms in total. The maximum Gasteiger partial charge on any atom is 0.223 e. The normalized spacial score (nSPS) is 22.5. The zero-order chi connectivity index (χ0) is 28.3. The average Bonchev–Trinajstić information content (AvgIpc) is 3.05. The standard InChI is InChI=1S/C30H56N4O3/c1-20(28(4,5)18-23(21(2)31)22(3)35)26(33-17-13-15-24(33)36)29(6,7)19-30(8,9)27(32)34-16-12-10-11-14-25(34)37/h20-21,23,26-27H,10-19,31-32H2,1-9H3. The van der Waals surface area contributed by atoms with Crippen molar-refractivity contribution in [3.63, 3.8) is 0 Å². The van der Waals surface area contributed by atoms with E-state index in [0.29, 0.717) is 25.8 Å². The minimum Gasteiger partial charge on any atom is -0.339 e. The van der Waals surface area contributed by atoms with E-state index in [0.717, 1.165) is 38.6 Å². The summed E-state index contributed by atoms with van der Waals surface area (Å²) in [5.74, 6) is 0.396. The van der Waals surface area contributed by atoms with Crippen LogP contribution in [0.2, 0.25) is 0 Å². The Morgan fingerprint density at radius 3 is 1.86 bits per heavy atom. The Morgan fingerprint density at radius 2 is 1.35 bits per heavy atom. The highest BCUT2D eigenvalue weighted by Gasteiger charge is 2.50. The van der Waals surface area contributed by atoms with Gasteiger partial charge in [0.15, 0.2) is 0 Å². The summed E-state index contributed by atoms with van der Waals surface area (Å²) in [6.07, 6.45) is 6.09. The Labute approximate surface area is 226 Å². The molecule has 0 saturated carbocycles. The Bertz CT molecular complexity index is 820. The highest BCUT2D eigenvalue weighted by atomic mass is 16.2. The smallest absolute Gasteiger partial charge is 0.223 e. The average molecular weight is 521 g/mol. The number of ketones is 1. The van der Waals surface area contributed by atoms with Gasteiger partial charge in [0.25, 0.3) is 0 Å². The summed E-state index contributed by atoms with van der Waals surface area (Å²) < 4.78 is 0. The van der Waals surface area contributed by atoms with Gasteiger partial charge in [0.1, 0.15) is 5.78 Å². The molecule has 0 aromatic rings. The van der Waals surface area contributed by atoms with Crippen molar-refractivity contribution in [2.75, 3.05) is 13.1 Å². The number of Topliss-reactive ketones (excluding diaryl/α,β-unsaturated/α-hetero) is 1. The van der Waals surface area contributed by atoms with Gasteiger partial charge in [-0.1, -0.05) is 54.9 Å². The summed E-state index contributed by atoms with van der Waals surface area (Å²) in [5.41, 5.74) is 12.2. The second-order valence-electron chi connectivity index (χ2n) is 14.2. The molecule has 4 N–H and O–H groups in total. The van der Waals surface area contributed by atoms with Crippen molar-refractivity contribution in [2.24, 2.45) is 39.5 Å². The molecule has 5 unspecified atom stereocenters. The number of rotatable bonds is 12. The summed E-state index contributed by atoms with van der Waals surface area (Å²) in [7, 11) is 0. The van der Waals surface area contributed by atoms with Crippen LogP contribution in [0.25, 0.3) is 0 Å². The summed E-state index contributed by atoms with van der Waals surface area (Å²) in [5, 5.41) is 0. The molecule has 2 saturated heterocycles. The number of hydrogen-bond acceptors (Lipinski definition) is 5. The molecule has 0 aliphatic carbocycles. The monoisotopic (exact) mass is 520 g/mol. The quantitative estimate of drug-likeness (QED) is 0.387. The lowest BCUT2D eigenvalue weighted by Gasteiger charge is -2.53. The molecule has 0 bridgehead atoms. The van der Waals surface area contributed by atoms with Crippen LogP contribution in [0.15, 0.2) is 0 Å². The van der Waals surface area contributed by atoms with Crippen molar-refractivity contribution in [3.05, 3.63) is 0 Å². The topological polar surface area (TPSA) is 110 Å². The molecule has 2 fully saturated rings. The third-order valence-electron chi connectivity index (χ3n) is 9.51. The van der Waals surface area contributed by atoms with Gasteiger partial charge in [-0.25, -0.2) is 0 Å². The van der Waals surface area contributed by atoms with E-state index in [1.807, 2.05) is 11.8 Å². The van der Waals surface area contributed by atoms with Crippen molar-refractivity contribution in [3.8, 4) is 0 Å². The third-order valence-corrected chi connectivity index (χ3v) is 9.51. The first-order chi connectivity index (χ1) is 16.9. The van der Waals surface area contributed by atoms with Gasteiger partial charge in [0.05, 0.1) is 6.17 Å². The molecule has 2 amide bonds. The fourth-order valence-electron chi connectivity index (χ4n) is 7.31. The van der Waals surface area contributed by atoms with Crippen molar-refractivity contribution < 1.29 is 14.4 Å². The number of hydrogen-bond donors (Lipinski definition) is 2. The third kappa shape index (κ3) is 7.56. The van der Waals surface area contributed by atoms with Gasteiger partial charge in [-0.3, -0.25) is 14.4 Å². The van der Waals surface area contributed by atoms with Crippen molar-refractivity contribution in [1.29, 1.82) is 0 Å². The Kier molecular flexibility index (Phi) is 10.4. The summed E-state index contributed by atoms with van der Waals surface area (Å²) in [6, 6.07) is -0.239. The van der Waals surface area contributed by atoms with E-state index in [9.17, 15) is 14.4 Å². The first kappa shape index (κ1) is 31.7. The summed E-state index contributed by atoms with van der Waals surface area (Å²) in [4.78, 5) is 42.4. The molecular formula is C30H56N4O3. The number of carbonyl (C=O) groups is 3. The lowest BCUT2D eigenvalue weighted by molar-refractivity contribution is -0.139. The molecule has 2 rings (SSSR count). The first-order valence-electron chi connectivity index (χ1n) is 14.5. The van der Waals surface area contributed by atoms with Crippen LogP contribution >= 0.6 is 0 Å². The molecule has 7 heteroatoms. The number of nitrogens with two attached hydrogens (primary N) is 2. The molecule has 0 radical (unpaired) electrons. The molecule has 2 aliphatic heterocycles. The molecule has 2 heterocycles. The molecule has 37 heavy (non-hydrogen) atoms. The SMILES string of the molecule is CC(=O)C(CC(C)(C)C(C)C(N1CCCC1=O)C(C)(C)CC(C)(C)C(N)N1CCCCCC1=O)C(C)N. The largest absolute Gasteiger partial charge is 0.339 e. The van der Waals surface area contributed by atoms with E-state index >= 15 is 0 Å². The molecule has 0 spiro atoms. The van der Waals surface area contributed by atoms with Crippen molar-refractivity contribution in [2.45, 2.75) is 132 Å². The van der Waals surface area contributed by atoms with E-state index in [4.69, 9.17) is 11.5 Å². The van der Waals surface area contributed by atoms with Gasteiger partial charge in [-0.2, -0.15) is 0 Å². The van der Waals surface area contributed by atoms with Crippen LogP contribution in [0.4, 0.5) is 0 Å². The Balaban J connectivity index is 2.39. The van der Waals surface area contributed by atoms with Crippen LogP contribution in [0.1, 0.15) is 114 Å². The molecule has 2 aliphatic rings. The molecule has 0 aromatic carbocycles. The lowest BCUT2D eigenvalue weighted by Crippen LogP contribution is -2.58. The number of carbonyl (C=O) groups excluding carboxylic acids is 3. The summed E-state index contributed by atoms with van der Waals surface area (Å²) >= 11 is 0. The maximum absolute atomic E-state index is 13.1. The minimum atomic E-state index is -0.379. The van der Waals surface area contributed by atoms with Crippen LogP contribution < -0.4 is 11.5 Å². The Morgan fingerprint density at radius 1 is 0.811 bits per heavy atom. The van der Waals surface area contributed by atoms with Crippen LogP contribution in [-0.4, -0.2) is 58.7 Å². The van der Waals surface area contributed by atoms with Gasteiger partial charge in [0, 0.05) is 43.9 Å². The second kappa shape index (κ2) is 12.1. The van der Waals surface area contributed by atoms with Gasteiger partial charge in [-0.15, -0.1) is 0 Å². The van der Waals surface area contributed by atoms with Gasteiger partial charge >= 0.3 is 0 Å². The predicted molar refractivity (Wildman–Crippen MR) is 150 cm³/mol. The van der Waals surface area contributed by atoms with Gasteiger partial charge < -0.3 is 21.3 Å². The molecule has 0 aromatic heterocycles. The Hall–Kier alpha value is -1.47. The summed E-state index contributed by atoms with van der Waals surface area (Å²) in [6.45, 7) is 20.5. The van der Waals surface area contributed by atoms with Crippen molar-refractivity contribution in [1.82, 2.24) is 9.80 Å². The van der Waals surface area contributed by atoms with E-state index in [-0.39, 0.29) is 63.9 Å². The number of nitrogens with zero attached hydrogens (tertiary/aromatic N) is 2. The number of likely N-dealkylation sites (tertiary alicyclic amines) is 2. The fraction of sp³-hybridized carbons (Fsp3) is 0.900. The lowest BCUT2D eigenvalue weighted by atomic mass is 9.60. The number of amides is 2. The van der Waals surface area contributed by atoms with Crippen LogP contribution in [0.5, 0.6) is 0 Å².